The van der Waals surface area contributed by atoms with Gasteiger partial charge in [0.25, 0.3) is 0 Å². The lowest BCUT2D eigenvalue weighted by Gasteiger charge is -2.45. The molecule has 1 aromatic rings. The van der Waals surface area contributed by atoms with Crippen LogP contribution in [0.2, 0.25) is 0 Å². The van der Waals surface area contributed by atoms with Crippen LogP contribution in [0, 0.1) is 5.92 Å². The van der Waals surface area contributed by atoms with E-state index in [1.807, 2.05) is 12.1 Å². The van der Waals surface area contributed by atoms with E-state index in [0.29, 0.717) is 11.7 Å². The number of nitrogens with zero attached hydrogens (tertiary/aromatic N) is 1. The number of nitrogens with two attached hydrogens (primary N) is 1. The number of phenolic OH excluding ortho intramolecular Hbond substituents is 1. The van der Waals surface area contributed by atoms with Gasteiger partial charge in [-0.3, -0.25) is 0 Å². The van der Waals surface area contributed by atoms with Crippen LogP contribution in [0.1, 0.15) is 25.8 Å². The number of benzene rings is 1. The van der Waals surface area contributed by atoms with Crippen LogP contribution < -0.4 is 5.73 Å². The molecule has 0 unspecified atom stereocenters. The molecule has 1 saturated heterocycles. The number of likely N-dealkylation sites (tertiary alicyclic amines) is 1. The van der Waals surface area contributed by atoms with Crippen LogP contribution in [-0.2, 0) is 5.41 Å². The topological polar surface area (TPSA) is 49.5 Å². The monoisotopic (exact) mass is 248 g/mol. The Morgan fingerprint density at radius 2 is 2.28 bits per heavy atom. The first-order valence-corrected chi connectivity index (χ1v) is 6.78. The molecular formula is C15H24N2O. The fourth-order valence-electron chi connectivity index (χ4n) is 2.99. The van der Waals surface area contributed by atoms with E-state index in [2.05, 4.69) is 24.8 Å². The van der Waals surface area contributed by atoms with Crippen molar-refractivity contribution in [2.45, 2.75) is 25.7 Å². The normalized spacial score (nSPS) is 29.4. The molecule has 1 aromatic carbocycles. The molecule has 18 heavy (non-hydrogen) atoms. The van der Waals surface area contributed by atoms with E-state index in [-0.39, 0.29) is 5.41 Å². The van der Waals surface area contributed by atoms with Crippen LogP contribution in [0.4, 0.5) is 0 Å². The summed E-state index contributed by atoms with van der Waals surface area (Å²) < 4.78 is 0. The Morgan fingerprint density at radius 1 is 1.50 bits per heavy atom. The molecule has 0 saturated carbocycles. The first kappa shape index (κ1) is 13.4. The number of phenols is 1. The smallest absolute Gasteiger partial charge is 0.115 e. The molecule has 3 nitrogen and oxygen atoms in total. The van der Waals surface area contributed by atoms with Gasteiger partial charge in [-0.25, -0.2) is 0 Å². The largest absolute Gasteiger partial charge is 0.508 e. The summed E-state index contributed by atoms with van der Waals surface area (Å²) in [5.74, 6) is 0.935. The van der Waals surface area contributed by atoms with E-state index in [9.17, 15) is 5.11 Å². The van der Waals surface area contributed by atoms with Crippen molar-refractivity contribution < 1.29 is 5.11 Å². The van der Waals surface area contributed by atoms with Crippen LogP contribution in [0.5, 0.6) is 5.75 Å². The van der Waals surface area contributed by atoms with Crippen LogP contribution in [-0.4, -0.2) is 36.2 Å². The molecule has 0 bridgehead atoms. The number of hydrogen-bond acceptors (Lipinski definition) is 3. The zero-order valence-electron chi connectivity index (χ0n) is 11.4. The van der Waals surface area contributed by atoms with Gasteiger partial charge in [0.2, 0.25) is 0 Å². The van der Waals surface area contributed by atoms with E-state index in [0.717, 1.165) is 32.6 Å². The zero-order chi connectivity index (χ0) is 13.2. The molecule has 2 rings (SSSR count). The zero-order valence-corrected chi connectivity index (χ0v) is 11.4. The molecule has 0 aromatic heterocycles. The summed E-state index contributed by atoms with van der Waals surface area (Å²) in [6.07, 6.45) is 1.12. The average Bonchev–Trinajstić information content (AvgIpc) is 2.34. The number of rotatable bonds is 3. The van der Waals surface area contributed by atoms with Crippen LogP contribution in [0.3, 0.4) is 0 Å². The van der Waals surface area contributed by atoms with Crippen molar-refractivity contribution in [3.05, 3.63) is 29.8 Å². The molecule has 0 spiro atoms. The van der Waals surface area contributed by atoms with Gasteiger partial charge in [-0.1, -0.05) is 26.0 Å². The van der Waals surface area contributed by atoms with Crippen molar-refractivity contribution in [2.75, 3.05) is 26.2 Å². The third-order valence-electron chi connectivity index (χ3n) is 4.52. The Labute approximate surface area is 110 Å². The molecule has 1 heterocycles. The summed E-state index contributed by atoms with van der Waals surface area (Å²) in [6, 6.07) is 7.72. The molecular weight excluding hydrogens is 224 g/mol. The molecule has 3 N–H and O–H groups in total. The van der Waals surface area contributed by atoms with Crippen molar-refractivity contribution >= 4 is 0 Å². The Kier molecular flexibility index (Phi) is 3.93. The van der Waals surface area contributed by atoms with Gasteiger partial charge < -0.3 is 15.7 Å². The Bertz CT molecular complexity index is 407. The van der Waals surface area contributed by atoms with Gasteiger partial charge in [0.05, 0.1) is 0 Å². The first-order chi connectivity index (χ1) is 8.56. The summed E-state index contributed by atoms with van der Waals surface area (Å²) in [5, 5.41) is 9.65. The highest BCUT2D eigenvalue weighted by Gasteiger charge is 2.37. The van der Waals surface area contributed by atoms with E-state index < -0.39 is 0 Å². The third-order valence-corrected chi connectivity index (χ3v) is 4.52. The van der Waals surface area contributed by atoms with E-state index in [1.165, 1.54) is 5.56 Å². The van der Waals surface area contributed by atoms with Crippen molar-refractivity contribution in [2.24, 2.45) is 11.7 Å². The second-order valence-corrected chi connectivity index (χ2v) is 5.71. The molecule has 1 aliphatic rings. The molecule has 3 heteroatoms. The van der Waals surface area contributed by atoms with E-state index in [4.69, 9.17) is 5.73 Å². The van der Waals surface area contributed by atoms with Crippen LogP contribution in [0.25, 0.3) is 0 Å². The molecule has 0 aliphatic carbocycles. The van der Waals surface area contributed by atoms with Gasteiger partial charge in [0.1, 0.15) is 5.75 Å². The fourth-order valence-corrected chi connectivity index (χ4v) is 2.99. The maximum Gasteiger partial charge on any atom is 0.115 e. The second-order valence-electron chi connectivity index (χ2n) is 5.71. The SMILES string of the molecule is C[C@H]1CN(CCN)CC[C@]1(C)c1cccc(O)c1. The highest BCUT2D eigenvalue weighted by molar-refractivity contribution is 5.33. The average molecular weight is 248 g/mol. The second kappa shape index (κ2) is 5.29. The van der Waals surface area contributed by atoms with Gasteiger partial charge in [0.15, 0.2) is 0 Å². The maximum absolute atomic E-state index is 9.65. The number of piperidine rings is 1. The minimum absolute atomic E-state index is 0.157. The van der Waals surface area contributed by atoms with Gasteiger partial charge in [0, 0.05) is 19.6 Å². The van der Waals surface area contributed by atoms with Crippen molar-refractivity contribution in [1.82, 2.24) is 4.90 Å². The van der Waals surface area contributed by atoms with E-state index in [1.54, 1.807) is 6.07 Å². The molecule has 2 atom stereocenters. The van der Waals surface area contributed by atoms with Crippen molar-refractivity contribution in [3.8, 4) is 5.75 Å². The number of hydrogen-bond donors (Lipinski definition) is 2. The molecule has 0 radical (unpaired) electrons. The molecule has 0 amide bonds. The first-order valence-electron chi connectivity index (χ1n) is 6.78. The number of aromatic hydroxyl groups is 1. The minimum Gasteiger partial charge on any atom is -0.508 e. The lowest BCUT2D eigenvalue weighted by atomic mass is 9.68. The lowest BCUT2D eigenvalue weighted by molar-refractivity contribution is 0.114. The minimum atomic E-state index is 0.157. The molecule has 100 valence electrons. The highest BCUT2D eigenvalue weighted by atomic mass is 16.3. The standard InChI is InChI=1S/C15H24N2O/c1-12-11-17(9-7-16)8-6-15(12,2)13-4-3-5-14(18)10-13/h3-5,10,12,18H,6-9,11,16H2,1-2H3/t12-,15-/m0/s1. The predicted molar refractivity (Wildman–Crippen MR) is 74.7 cm³/mol. The van der Waals surface area contributed by atoms with E-state index >= 15 is 0 Å². The fraction of sp³-hybridized carbons (Fsp3) is 0.600. The summed E-state index contributed by atoms with van der Waals surface area (Å²) >= 11 is 0. The van der Waals surface area contributed by atoms with Gasteiger partial charge in [-0.15, -0.1) is 0 Å². The summed E-state index contributed by atoms with van der Waals surface area (Å²) in [7, 11) is 0. The highest BCUT2D eigenvalue weighted by Crippen LogP contribution is 2.40. The summed E-state index contributed by atoms with van der Waals surface area (Å²) in [4.78, 5) is 2.44. The quantitative estimate of drug-likeness (QED) is 0.859. The lowest BCUT2D eigenvalue weighted by Crippen LogP contribution is -2.48. The summed E-state index contributed by atoms with van der Waals surface area (Å²) in [6.45, 7) is 8.51. The maximum atomic E-state index is 9.65. The van der Waals surface area contributed by atoms with Gasteiger partial charge in [-0.05, 0) is 42.0 Å². The summed E-state index contributed by atoms with van der Waals surface area (Å²) in [5.41, 5.74) is 7.04. The van der Waals surface area contributed by atoms with Crippen LogP contribution in [0.15, 0.2) is 24.3 Å². The van der Waals surface area contributed by atoms with Gasteiger partial charge >= 0.3 is 0 Å². The Hall–Kier alpha value is -1.06. The predicted octanol–water partition coefficient (Wildman–Crippen LogP) is 1.95. The van der Waals surface area contributed by atoms with Crippen molar-refractivity contribution in [1.29, 1.82) is 0 Å². The van der Waals surface area contributed by atoms with Crippen molar-refractivity contribution in [3.63, 3.8) is 0 Å². The molecule has 1 fully saturated rings. The Morgan fingerprint density at radius 3 is 2.89 bits per heavy atom. The van der Waals surface area contributed by atoms with Gasteiger partial charge in [-0.2, -0.15) is 0 Å². The Balaban J connectivity index is 2.17. The molecule has 1 aliphatic heterocycles. The van der Waals surface area contributed by atoms with Crippen LogP contribution >= 0.6 is 0 Å². The third kappa shape index (κ3) is 2.52.